The molecule has 1 saturated carbocycles. The van der Waals surface area contributed by atoms with E-state index in [1.807, 2.05) is 12.3 Å². The molecule has 2 aromatic rings. The third kappa shape index (κ3) is 2.24. The van der Waals surface area contributed by atoms with Crippen LogP contribution in [0.15, 0.2) is 24.4 Å². The molecule has 1 aliphatic carbocycles. The van der Waals surface area contributed by atoms with Gasteiger partial charge in [-0.3, -0.25) is 4.79 Å². The van der Waals surface area contributed by atoms with E-state index in [2.05, 4.69) is 22.4 Å². The monoisotopic (exact) mass is 257 g/mol. The summed E-state index contributed by atoms with van der Waals surface area (Å²) >= 11 is 0. The first-order valence-electron chi connectivity index (χ1n) is 6.85. The number of nitrogens with one attached hydrogen (secondary N) is 2. The Morgan fingerprint density at radius 3 is 3.00 bits per heavy atom. The van der Waals surface area contributed by atoms with E-state index in [9.17, 15) is 4.79 Å². The molecule has 0 bridgehead atoms. The highest BCUT2D eigenvalue weighted by Gasteiger charge is 2.22. The third-order valence-electron chi connectivity index (χ3n) is 4.13. The van der Waals surface area contributed by atoms with Gasteiger partial charge in [0.2, 0.25) is 6.41 Å². The van der Waals surface area contributed by atoms with E-state index < -0.39 is 0 Å². The number of fused-ring (bicyclic) bond motifs is 1. The molecule has 2 atom stereocenters. The van der Waals surface area contributed by atoms with Crippen LogP contribution in [0.2, 0.25) is 0 Å². The lowest BCUT2D eigenvalue weighted by Gasteiger charge is -2.27. The van der Waals surface area contributed by atoms with Crippen molar-refractivity contribution < 1.29 is 4.79 Å². The molecule has 0 spiro atoms. The van der Waals surface area contributed by atoms with Gasteiger partial charge in [-0.2, -0.15) is 0 Å². The molecule has 2 unspecified atom stereocenters. The summed E-state index contributed by atoms with van der Waals surface area (Å²) in [7, 11) is 0. The van der Waals surface area contributed by atoms with E-state index in [1.54, 1.807) is 0 Å². The van der Waals surface area contributed by atoms with Gasteiger partial charge in [0, 0.05) is 17.6 Å². The summed E-state index contributed by atoms with van der Waals surface area (Å²) in [4.78, 5) is 13.8. The van der Waals surface area contributed by atoms with Crippen LogP contribution < -0.4 is 11.1 Å². The predicted octanol–water partition coefficient (Wildman–Crippen LogP) is 2.72. The SMILES string of the molecule is NC1CCCC(c2ccc(NC=O)c3[nH]ccc23)C1. The van der Waals surface area contributed by atoms with E-state index in [1.165, 1.54) is 23.8 Å². The Bertz CT molecular complexity index is 590. The minimum atomic E-state index is 0.320. The van der Waals surface area contributed by atoms with Gasteiger partial charge in [0.05, 0.1) is 11.2 Å². The molecule has 1 amide bonds. The van der Waals surface area contributed by atoms with Crippen LogP contribution >= 0.6 is 0 Å². The van der Waals surface area contributed by atoms with Crippen molar-refractivity contribution in [1.82, 2.24) is 4.98 Å². The fourth-order valence-electron chi connectivity index (χ4n) is 3.23. The molecule has 4 nitrogen and oxygen atoms in total. The van der Waals surface area contributed by atoms with Gasteiger partial charge in [-0.1, -0.05) is 12.5 Å². The number of carbonyl (C=O) groups is 1. The molecule has 100 valence electrons. The van der Waals surface area contributed by atoms with Crippen LogP contribution in [0.25, 0.3) is 10.9 Å². The average Bonchev–Trinajstić information content (AvgIpc) is 2.89. The van der Waals surface area contributed by atoms with Crippen LogP contribution in [0.5, 0.6) is 0 Å². The maximum Gasteiger partial charge on any atom is 0.211 e. The second-order valence-electron chi connectivity index (χ2n) is 5.35. The molecule has 1 aromatic carbocycles. The minimum absolute atomic E-state index is 0.320. The van der Waals surface area contributed by atoms with Crippen LogP contribution in [0.3, 0.4) is 0 Å². The number of aromatic amines is 1. The normalized spacial score (nSPS) is 23.4. The number of hydrogen-bond donors (Lipinski definition) is 3. The standard InChI is InChI=1S/C15H19N3O/c16-11-3-1-2-10(8-11)12-4-5-14(18-9-19)15-13(12)6-7-17-15/h4-7,9-11,17H,1-3,8,16H2,(H,18,19). The Hall–Kier alpha value is -1.81. The summed E-state index contributed by atoms with van der Waals surface area (Å²) in [6.07, 6.45) is 7.23. The van der Waals surface area contributed by atoms with E-state index in [0.717, 1.165) is 24.0 Å². The van der Waals surface area contributed by atoms with Gasteiger partial charge in [-0.25, -0.2) is 0 Å². The summed E-state index contributed by atoms with van der Waals surface area (Å²) in [6.45, 7) is 0. The van der Waals surface area contributed by atoms with Crippen molar-refractivity contribution in [3.8, 4) is 0 Å². The number of amides is 1. The summed E-state index contributed by atoms with van der Waals surface area (Å²) < 4.78 is 0. The summed E-state index contributed by atoms with van der Waals surface area (Å²) in [5.41, 5.74) is 9.28. The largest absolute Gasteiger partial charge is 0.359 e. The molecule has 1 heterocycles. The van der Waals surface area contributed by atoms with Crippen LogP contribution in [0.4, 0.5) is 5.69 Å². The quantitative estimate of drug-likeness (QED) is 0.740. The lowest BCUT2D eigenvalue weighted by molar-refractivity contribution is -0.105. The van der Waals surface area contributed by atoms with E-state index in [-0.39, 0.29) is 0 Å². The molecule has 0 saturated heterocycles. The lowest BCUT2D eigenvalue weighted by Crippen LogP contribution is -2.26. The Kier molecular flexibility index (Phi) is 3.25. The van der Waals surface area contributed by atoms with Crippen molar-refractivity contribution in [2.24, 2.45) is 5.73 Å². The average molecular weight is 257 g/mol. The van der Waals surface area contributed by atoms with Gasteiger partial charge in [0.15, 0.2) is 0 Å². The molecule has 1 aliphatic rings. The van der Waals surface area contributed by atoms with Gasteiger partial charge in [-0.15, -0.1) is 0 Å². The van der Waals surface area contributed by atoms with Crippen molar-refractivity contribution in [2.75, 3.05) is 5.32 Å². The Morgan fingerprint density at radius 2 is 2.21 bits per heavy atom. The Balaban J connectivity index is 2.02. The fraction of sp³-hybridized carbons (Fsp3) is 0.400. The Morgan fingerprint density at radius 1 is 1.32 bits per heavy atom. The number of benzene rings is 1. The molecule has 4 N–H and O–H groups in total. The highest BCUT2D eigenvalue weighted by atomic mass is 16.1. The summed E-state index contributed by atoms with van der Waals surface area (Å²) in [5, 5.41) is 3.94. The summed E-state index contributed by atoms with van der Waals surface area (Å²) in [6, 6.07) is 6.51. The highest BCUT2D eigenvalue weighted by Crippen LogP contribution is 2.37. The van der Waals surface area contributed by atoms with Crippen molar-refractivity contribution >= 4 is 23.0 Å². The second kappa shape index (κ2) is 5.05. The number of carbonyl (C=O) groups excluding carboxylic acids is 1. The zero-order valence-corrected chi connectivity index (χ0v) is 10.9. The molecular formula is C15H19N3O. The van der Waals surface area contributed by atoms with Gasteiger partial charge in [0.1, 0.15) is 0 Å². The number of nitrogens with two attached hydrogens (primary N) is 1. The Labute approximate surface area is 112 Å². The van der Waals surface area contributed by atoms with Crippen molar-refractivity contribution in [3.05, 3.63) is 30.0 Å². The van der Waals surface area contributed by atoms with Gasteiger partial charge in [0.25, 0.3) is 0 Å². The highest BCUT2D eigenvalue weighted by molar-refractivity contribution is 5.97. The molecule has 1 fully saturated rings. The first kappa shape index (κ1) is 12.2. The first-order chi connectivity index (χ1) is 9.29. The lowest BCUT2D eigenvalue weighted by atomic mass is 9.80. The van der Waals surface area contributed by atoms with Crippen LogP contribution in [0.1, 0.15) is 37.2 Å². The van der Waals surface area contributed by atoms with Gasteiger partial charge >= 0.3 is 0 Å². The number of hydrogen-bond acceptors (Lipinski definition) is 2. The second-order valence-corrected chi connectivity index (χ2v) is 5.35. The van der Waals surface area contributed by atoms with E-state index in [0.29, 0.717) is 18.4 Å². The van der Waals surface area contributed by atoms with E-state index >= 15 is 0 Å². The van der Waals surface area contributed by atoms with Gasteiger partial charge in [-0.05, 0) is 42.9 Å². The molecule has 19 heavy (non-hydrogen) atoms. The third-order valence-corrected chi connectivity index (χ3v) is 4.13. The number of anilines is 1. The van der Waals surface area contributed by atoms with Crippen LogP contribution in [-0.4, -0.2) is 17.4 Å². The molecule has 4 heteroatoms. The number of H-pyrrole nitrogens is 1. The molecular weight excluding hydrogens is 238 g/mol. The van der Waals surface area contributed by atoms with Gasteiger partial charge < -0.3 is 16.0 Å². The zero-order chi connectivity index (χ0) is 13.2. The van der Waals surface area contributed by atoms with Crippen molar-refractivity contribution in [2.45, 2.75) is 37.6 Å². The first-order valence-corrected chi connectivity index (χ1v) is 6.85. The minimum Gasteiger partial charge on any atom is -0.359 e. The maximum absolute atomic E-state index is 10.6. The van der Waals surface area contributed by atoms with Crippen molar-refractivity contribution in [3.63, 3.8) is 0 Å². The molecule has 1 aromatic heterocycles. The molecule has 3 rings (SSSR count). The number of aromatic nitrogens is 1. The molecule has 0 radical (unpaired) electrons. The summed E-state index contributed by atoms with van der Waals surface area (Å²) in [5.74, 6) is 0.535. The number of rotatable bonds is 3. The fourth-order valence-corrected chi connectivity index (χ4v) is 3.23. The van der Waals surface area contributed by atoms with Crippen LogP contribution in [-0.2, 0) is 4.79 Å². The predicted molar refractivity (Wildman–Crippen MR) is 77.2 cm³/mol. The zero-order valence-electron chi connectivity index (χ0n) is 10.9. The topological polar surface area (TPSA) is 70.9 Å². The molecule has 0 aliphatic heterocycles. The van der Waals surface area contributed by atoms with Crippen molar-refractivity contribution in [1.29, 1.82) is 0 Å². The van der Waals surface area contributed by atoms with E-state index in [4.69, 9.17) is 5.73 Å². The smallest absolute Gasteiger partial charge is 0.211 e. The van der Waals surface area contributed by atoms with Crippen LogP contribution in [0, 0.1) is 0 Å². The maximum atomic E-state index is 10.6.